The van der Waals surface area contributed by atoms with Gasteiger partial charge in [0.25, 0.3) is 0 Å². The Hall–Kier alpha value is -1.37. The van der Waals surface area contributed by atoms with Gasteiger partial charge in [-0.25, -0.2) is 0 Å². The summed E-state index contributed by atoms with van der Waals surface area (Å²) in [6.07, 6.45) is 6.76. The minimum Gasteiger partial charge on any atom is -0.295 e. The van der Waals surface area contributed by atoms with E-state index < -0.39 is 0 Å². The highest BCUT2D eigenvalue weighted by molar-refractivity contribution is 5.96. The third-order valence-corrected chi connectivity index (χ3v) is 3.44. The van der Waals surface area contributed by atoms with E-state index in [0.717, 1.165) is 19.3 Å². The van der Waals surface area contributed by atoms with E-state index in [4.69, 9.17) is 0 Å². The van der Waals surface area contributed by atoms with Crippen LogP contribution in [0.15, 0.2) is 30.3 Å². The van der Waals surface area contributed by atoms with Crippen molar-refractivity contribution in [3.63, 3.8) is 0 Å². The number of fused-ring (bicyclic) bond motifs is 1. The quantitative estimate of drug-likeness (QED) is 0.767. The number of carbonyl (C=O) groups is 1. The van der Waals surface area contributed by atoms with Gasteiger partial charge in [0.1, 0.15) is 0 Å². The normalized spacial score (nSPS) is 19.2. The van der Waals surface area contributed by atoms with E-state index >= 15 is 0 Å². The first-order valence-corrected chi connectivity index (χ1v) is 6.46. The van der Waals surface area contributed by atoms with Gasteiger partial charge in [-0.05, 0) is 36.0 Å². The fourth-order valence-corrected chi connectivity index (χ4v) is 2.34. The van der Waals surface area contributed by atoms with Crippen LogP contribution < -0.4 is 0 Å². The van der Waals surface area contributed by atoms with Crippen LogP contribution in [0.2, 0.25) is 0 Å². The number of hydrogen-bond acceptors (Lipinski definition) is 1. The maximum Gasteiger partial charge on any atom is 0.159 e. The fourth-order valence-electron chi connectivity index (χ4n) is 2.34. The van der Waals surface area contributed by atoms with Gasteiger partial charge in [-0.2, -0.15) is 0 Å². The number of benzene rings is 1. The molecule has 1 aliphatic rings. The average molecular weight is 228 g/mol. The van der Waals surface area contributed by atoms with Crippen LogP contribution in [0.4, 0.5) is 0 Å². The molecule has 0 radical (unpaired) electrons. The number of carbonyl (C=O) groups excluding carboxylic acids is 1. The molecule has 0 N–H and O–H groups in total. The molecule has 0 aliphatic heterocycles. The van der Waals surface area contributed by atoms with Crippen molar-refractivity contribution in [2.24, 2.45) is 11.8 Å². The topological polar surface area (TPSA) is 17.1 Å². The Kier molecular flexibility index (Phi) is 3.78. The Bertz CT molecular complexity index is 429. The Morgan fingerprint density at radius 3 is 2.76 bits per heavy atom. The van der Waals surface area contributed by atoms with E-state index in [1.54, 1.807) is 6.08 Å². The highest BCUT2D eigenvalue weighted by atomic mass is 16.1. The van der Waals surface area contributed by atoms with Crippen molar-refractivity contribution in [1.82, 2.24) is 0 Å². The molecule has 0 bridgehead atoms. The van der Waals surface area contributed by atoms with Crippen LogP contribution in [0.1, 0.15) is 37.8 Å². The molecule has 0 saturated heterocycles. The van der Waals surface area contributed by atoms with Crippen molar-refractivity contribution in [3.8, 4) is 0 Å². The molecular weight excluding hydrogens is 208 g/mol. The smallest absolute Gasteiger partial charge is 0.159 e. The van der Waals surface area contributed by atoms with Crippen LogP contribution in [0.5, 0.6) is 0 Å². The number of hydrogen-bond donors (Lipinski definition) is 0. The second-order valence-electron chi connectivity index (χ2n) is 5.31. The van der Waals surface area contributed by atoms with E-state index in [9.17, 15) is 4.79 Å². The summed E-state index contributed by atoms with van der Waals surface area (Å²) in [5, 5.41) is 0. The van der Waals surface area contributed by atoms with Gasteiger partial charge in [-0.3, -0.25) is 4.79 Å². The lowest BCUT2D eigenvalue weighted by Crippen LogP contribution is -2.15. The Morgan fingerprint density at radius 1 is 1.24 bits per heavy atom. The summed E-state index contributed by atoms with van der Waals surface area (Å²) in [6, 6.07) is 8.31. The lowest BCUT2D eigenvalue weighted by atomic mass is 9.89. The van der Waals surface area contributed by atoms with Crippen molar-refractivity contribution in [3.05, 3.63) is 41.5 Å². The van der Waals surface area contributed by atoms with Gasteiger partial charge in [0.05, 0.1) is 0 Å². The highest BCUT2D eigenvalue weighted by Crippen LogP contribution is 2.24. The van der Waals surface area contributed by atoms with Crippen LogP contribution in [-0.4, -0.2) is 5.78 Å². The second kappa shape index (κ2) is 5.31. The summed E-state index contributed by atoms with van der Waals surface area (Å²) in [6.45, 7) is 4.43. The molecule has 0 saturated carbocycles. The summed E-state index contributed by atoms with van der Waals surface area (Å²) >= 11 is 0. The van der Waals surface area contributed by atoms with Crippen LogP contribution in [-0.2, 0) is 11.2 Å². The van der Waals surface area contributed by atoms with E-state index in [-0.39, 0.29) is 5.92 Å². The second-order valence-corrected chi connectivity index (χ2v) is 5.31. The van der Waals surface area contributed by atoms with Crippen molar-refractivity contribution in [2.75, 3.05) is 0 Å². The molecule has 0 aromatic heterocycles. The van der Waals surface area contributed by atoms with Crippen LogP contribution in [0.25, 0.3) is 6.08 Å². The third kappa shape index (κ3) is 3.06. The predicted molar refractivity (Wildman–Crippen MR) is 71.7 cm³/mol. The van der Waals surface area contributed by atoms with Crippen LogP contribution in [0, 0.1) is 11.8 Å². The summed E-state index contributed by atoms with van der Waals surface area (Å²) < 4.78 is 0. The van der Waals surface area contributed by atoms with Gasteiger partial charge >= 0.3 is 0 Å². The zero-order chi connectivity index (χ0) is 12.3. The highest BCUT2D eigenvalue weighted by Gasteiger charge is 2.20. The molecule has 1 atom stereocenters. The lowest BCUT2D eigenvalue weighted by molar-refractivity contribution is -0.118. The largest absolute Gasteiger partial charge is 0.295 e. The fraction of sp³-hybridized carbons (Fsp3) is 0.438. The van der Waals surface area contributed by atoms with Crippen molar-refractivity contribution >= 4 is 11.9 Å². The molecule has 0 spiro atoms. The SMILES string of the molecule is CC(C)CCC1Cc2ccccc2C=CC1=O. The maximum absolute atomic E-state index is 12.0. The molecule has 1 aliphatic carbocycles. The van der Waals surface area contributed by atoms with Crippen LogP contribution in [0.3, 0.4) is 0 Å². The minimum atomic E-state index is 0.178. The Labute approximate surface area is 104 Å². The molecule has 1 aromatic rings. The van der Waals surface area contributed by atoms with E-state index in [1.807, 2.05) is 12.1 Å². The zero-order valence-corrected chi connectivity index (χ0v) is 10.6. The van der Waals surface area contributed by atoms with Crippen molar-refractivity contribution in [2.45, 2.75) is 33.1 Å². The number of allylic oxidation sites excluding steroid dienone is 1. The van der Waals surface area contributed by atoms with Gasteiger partial charge < -0.3 is 0 Å². The monoisotopic (exact) mass is 228 g/mol. The molecule has 1 aromatic carbocycles. The summed E-state index contributed by atoms with van der Waals surface area (Å²) in [5.74, 6) is 1.14. The Balaban J connectivity index is 2.15. The van der Waals surface area contributed by atoms with Crippen molar-refractivity contribution in [1.29, 1.82) is 0 Å². The summed E-state index contributed by atoms with van der Waals surface area (Å²) in [4.78, 5) is 12.0. The summed E-state index contributed by atoms with van der Waals surface area (Å²) in [7, 11) is 0. The van der Waals surface area contributed by atoms with Gasteiger partial charge in [-0.15, -0.1) is 0 Å². The van der Waals surface area contributed by atoms with Crippen molar-refractivity contribution < 1.29 is 4.79 Å². The van der Waals surface area contributed by atoms with Gasteiger partial charge in [-0.1, -0.05) is 50.6 Å². The molecule has 2 rings (SSSR count). The molecule has 0 amide bonds. The molecule has 17 heavy (non-hydrogen) atoms. The number of rotatable bonds is 3. The van der Waals surface area contributed by atoms with E-state index in [0.29, 0.717) is 11.7 Å². The lowest BCUT2D eigenvalue weighted by Gasteiger charge is -2.14. The standard InChI is InChI=1S/C16H20O/c1-12(2)7-8-15-11-14-6-4-3-5-13(14)9-10-16(15)17/h3-6,9-10,12,15H,7-8,11H2,1-2H3. The van der Waals surface area contributed by atoms with E-state index in [2.05, 4.69) is 32.0 Å². The molecule has 0 fully saturated rings. The predicted octanol–water partition coefficient (Wildman–Crippen LogP) is 3.88. The molecule has 1 unspecified atom stereocenters. The maximum atomic E-state index is 12.0. The molecule has 0 heterocycles. The summed E-state index contributed by atoms with van der Waals surface area (Å²) in [5.41, 5.74) is 2.51. The molecular formula is C16H20O. The first kappa shape index (κ1) is 12.1. The third-order valence-electron chi connectivity index (χ3n) is 3.44. The van der Waals surface area contributed by atoms with Gasteiger partial charge in [0, 0.05) is 5.92 Å². The zero-order valence-electron chi connectivity index (χ0n) is 10.6. The molecule has 1 nitrogen and oxygen atoms in total. The van der Waals surface area contributed by atoms with Gasteiger partial charge in [0.2, 0.25) is 0 Å². The van der Waals surface area contributed by atoms with Crippen LogP contribution >= 0.6 is 0 Å². The molecule has 1 heteroatoms. The number of ketones is 1. The van der Waals surface area contributed by atoms with Gasteiger partial charge in [0.15, 0.2) is 5.78 Å². The Morgan fingerprint density at radius 2 is 2.00 bits per heavy atom. The minimum absolute atomic E-state index is 0.178. The first-order valence-electron chi connectivity index (χ1n) is 6.46. The molecule has 90 valence electrons. The average Bonchev–Trinajstić information content (AvgIpc) is 2.47. The first-order chi connectivity index (χ1) is 8.16. The van der Waals surface area contributed by atoms with E-state index in [1.165, 1.54) is 11.1 Å².